The number of rotatable bonds is 3. The molecule has 0 amide bonds. The average molecular weight is 394 g/mol. The molecule has 5 nitrogen and oxygen atoms in total. The Labute approximate surface area is 174 Å². The Bertz CT molecular complexity index is 1430. The van der Waals surface area contributed by atoms with Gasteiger partial charge in [-0.3, -0.25) is 9.13 Å². The lowest BCUT2D eigenvalue weighted by molar-refractivity contribution is 0.846. The first-order chi connectivity index (χ1) is 14.5. The summed E-state index contributed by atoms with van der Waals surface area (Å²) in [4.78, 5) is 20.8. The SMILES string of the molecule is Cc1ccc(-n2c(=O)n(C)c3cc(-c4[nH]cnc4-c4cccc(C)c4)ccc32)cc1. The van der Waals surface area contributed by atoms with Gasteiger partial charge in [0, 0.05) is 18.2 Å². The molecule has 148 valence electrons. The molecule has 30 heavy (non-hydrogen) atoms. The zero-order valence-electron chi connectivity index (χ0n) is 17.2. The first-order valence-electron chi connectivity index (χ1n) is 9.92. The maximum absolute atomic E-state index is 13.0. The van der Waals surface area contributed by atoms with Crippen LogP contribution in [0.15, 0.2) is 77.9 Å². The molecule has 0 saturated heterocycles. The lowest BCUT2D eigenvalue weighted by atomic mass is 10.0. The molecule has 0 radical (unpaired) electrons. The monoisotopic (exact) mass is 394 g/mol. The van der Waals surface area contributed by atoms with Gasteiger partial charge in [-0.1, -0.05) is 47.5 Å². The van der Waals surface area contributed by atoms with Crippen LogP contribution in [-0.4, -0.2) is 19.1 Å². The number of aryl methyl sites for hydroxylation is 3. The Morgan fingerprint density at radius 2 is 1.63 bits per heavy atom. The van der Waals surface area contributed by atoms with Gasteiger partial charge in [0.15, 0.2) is 0 Å². The fourth-order valence-corrected chi connectivity index (χ4v) is 3.96. The van der Waals surface area contributed by atoms with Crippen LogP contribution in [0.1, 0.15) is 11.1 Å². The van der Waals surface area contributed by atoms with Gasteiger partial charge in [-0.25, -0.2) is 9.78 Å². The van der Waals surface area contributed by atoms with E-state index in [1.165, 1.54) is 5.56 Å². The highest BCUT2D eigenvalue weighted by Crippen LogP contribution is 2.31. The highest BCUT2D eigenvalue weighted by atomic mass is 16.1. The van der Waals surface area contributed by atoms with Gasteiger partial charge < -0.3 is 4.98 Å². The topological polar surface area (TPSA) is 55.6 Å². The van der Waals surface area contributed by atoms with Gasteiger partial charge in [0.05, 0.1) is 34.4 Å². The van der Waals surface area contributed by atoms with Gasteiger partial charge in [0.1, 0.15) is 0 Å². The first kappa shape index (κ1) is 18.2. The van der Waals surface area contributed by atoms with Gasteiger partial charge in [0.25, 0.3) is 0 Å². The van der Waals surface area contributed by atoms with Crippen molar-refractivity contribution in [2.24, 2.45) is 7.05 Å². The Hall–Kier alpha value is -3.86. The van der Waals surface area contributed by atoms with E-state index in [1.807, 2.05) is 62.5 Å². The predicted molar refractivity (Wildman–Crippen MR) is 121 cm³/mol. The summed E-state index contributed by atoms with van der Waals surface area (Å²) in [6.07, 6.45) is 1.72. The summed E-state index contributed by atoms with van der Waals surface area (Å²) in [7, 11) is 1.81. The van der Waals surface area contributed by atoms with Crippen LogP contribution in [0.25, 0.3) is 39.2 Å². The summed E-state index contributed by atoms with van der Waals surface area (Å²) < 4.78 is 3.45. The fourth-order valence-electron chi connectivity index (χ4n) is 3.96. The van der Waals surface area contributed by atoms with E-state index in [-0.39, 0.29) is 5.69 Å². The summed E-state index contributed by atoms with van der Waals surface area (Å²) >= 11 is 0. The fraction of sp³-hybridized carbons (Fsp3) is 0.120. The summed E-state index contributed by atoms with van der Waals surface area (Å²) in [6.45, 7) is 4.11. The highest BCUT2D eigenvalue weighted by Gasteiger charge is 2.16. The van der Waals surface area contributed by atoms with Crippen LogP contribution >= 0.6 is 0 Å². The molecule has 5 aromatic rings. The molecule has 2 aromatic heterocycles. The van der Waals surface area contributed by atoms with Crippen molar-refractivity contribution < 1.29 is 0 Å². The van der Waals surface area contributed by atoms with Crippen molar-refractivity contribution in [3.05, 3.63) is 94.7 Å². The molecule has 0 atom stereocenters. The lowest BCUT2D eigenvalue weighted by Crippen LogP contribution is -2.20. The Balaban J connectivity index is 1.68. The number of aromatic nitrogens is 4. The van der Waals surface area contributed by atoms with E-state index in [0.29, 0.717) is 0 Å². The molecule has 0 aliphatic carbocycles. The molecule has 0 spiro atoms. The van der Waals surface area contributed by atoms with Crippen LogP contribution in [0.5, 0.6) is 0 Å². The molecule has 0 aliphatic heterocycles. The highest BCUT2D eigenvalue weighted by molar-refractivity contribution is 5.87. The van der Waals surface area contributed by atoms with Gasteiger partial charge >= 0.3 is 5.69 Å². The molecule has 1 N–H and O–H groups in total. The summed E-state index contributed by atoms with van der Waals surface area (Å²) in [5.41, 5.74) is 8.83. The second-order valence-electron chi connectivity index (χ2n) is 7.71. The largest absolute Gasteiger partial charge is 0.344 e. The van der Waals surface area contributed by atoms with Crippen molar-refractivity contribution in [3.63, 3.8) is 0 Å². The number of hydrogen-bond acceptors (Lipinski definition) is 2. The Kier molecular flexibility index (Phi) is 4.17. The van der Waals surface area contributed by atoms with Crippen molar-refractivity contribution in [2.75, 3.05) is 0 Å². The Morgan fingerprint density at radius 3 is 2.40 bits per heavy atom. The molecule has 0 unspecified atom stereocenters. The summed E-state index contributed by atoms with van der Waals surface area (Å²) in [5, 5.41) is 0. The van der Waals surface area contributed by atoms with Gasteiger partial charge in [-0.2, -0.15) is 0 Å². The minimum atomic E-state index is -0.0606. The van der Waals surface area contributed by atoms with Crippen LogP contribution in [0.3, 0.4) is 0 Å². The van der Waals surface area contributed by atoms with Gasteiger partial charge in [-0.15, -0.1) is 0 Å². The third kappa shape index (κ3) is 2.87. The van der Waals surface area contributed by atoms with Crippen molar-refractivity contribution in [1.29, 1.82) is 0 Å². The zero-order chi connectivity index (χ0) is 20.8. The zero-order valence-corrected chi connectivity index (χ0v) is 17.2. The molecule has 0 aliphatic rings. The van der Waals surface area contributed by atoms with Crippen molar-refractivity contribution >= 4 is 11.0 Å². The van der Waals surface area contributed by atoms with Crippen LogP contribution in [-0.2, 0) is 7.05 Å². The van der Waals surface area contributed by atoms with Crippen LogP contribution < -0.4 is 5.69 Å². The van der Waals surface area contributed by atoms with Gasteiger partial charge in [-0.05, 0) is 44.2 Å². The van der Waals surface area contributed by atoms with E-state index >= 15 is 0 Å². The van der Waals surface area contributed by atoms with Gasteiger partial charge in [0.2, 0.25) is 0 Å². The molecule has 5 rings (SSSR count). The number of imidazole rings is 2. The number of nitrogens with one attached hydrogen (secondary N) is 1. The smallest absolute Gasteiger partial charge is 0.333 e. The number of hydrogen-bond donors (Lipinski definition) is 1. The normalized spacial score (nSPS) is 11.3. The standard InChI is InChI=1S/C25H22N4O/c1-16-7-10-20(11-8-16)29-21-12-9-19(14-22(21)28(3)25(29)30)24-23(26-15-27-24)18-6-4-5-17(2)13-18/h4-15H,1-3H3,(H,26,27). The second kappa shape index (κ2) is 6.88. The van der Waals surface area contributed by atoms with Crippen LogP contribution in [0.4, 0.5) is 0 Å². The van der Waals surface area contributed by atoms with Crippen LogP contribution in [0.2, 0.25) is 0 Å². The molecule has 0 bridgehead atoms. The van der Waals surface area contributed by atoms with E-state index in [2.05, 4.69) is 35.1 Å². The molecule has 3 aromatic carbocycles. The minimum Gasteiger partial charge on any atom is -0.344 e. The quantitative estimate of drug-likeness (QED) is 0.468. The van der Waals surface area contributed by atoms with E-state index in [0.717, 1.165) is 44.8 Å². The summed E-state index contributed by atoms with van der Waals surface area (Å²) in [6, 6.07) is 22.4. The number of nitrogens with zero attached hydrogens (tertiary/aromatic N) is 3. The van der Waals surface area contributed by atoms with E-state index in [9.17, 15) is 4.79 Å². The Morgan fingerprint density at radius 1 is 0.833 bits per heavy atom. The molecular weight excluding hydrogens is 372 g/mol. The third-order valence-electron chi connectivity index (χ3n) is 5.57. The number of aromatic amines is 1. The molecular formula is C25H22N4O. The number of fused-ring (bicyclic) bond motifs is 1. The van der Waals surface area contributed by atoms with Crippen LogP contribution in [0, 0.1) is 13.8 Å². The van der Waals surface area contributed by atoms with E-state index in [1.54, 1.807) is 15.5 Å². The van der Waals surface area contributed by atoms with Crippen molar-refractivity contribution in [2.45, 2.75) is 13.8 Å². The maximum Gasteiger partial charge on any atom is 0.333 e. The average Bonchev–Trinajstić information content (AvgIpc) is 3.33. The van der Waals surface area contributed by atoms with Crippen molar-refractivity contribution in [3.8, 4) is 28.2 Å². The van der Waals surface area contributed by atoms with Crippen molar-refractivity contribution in [1.82, 2.24) is 19.1 Å². The minimum absolute atomic E-state index is 0.0606. The van der Waals surface area contributed by atoms with E-state index < -0.39 is 0 Å². The summed E-state index contributed by atoms with van der Waals surface area (Å²) in [5.74, 6) is 0. The molecule has 0 saturated carbocycles. The lowest BCUT2D eigenvalue weighted by Gasteiger charge is -2.07. The number of H-pyrrole nitrogens is 1. The van der Waals surface area contributed by atoms with E-state index in [4.69, 9.17) is 0 Å². The third-order valence-corrected chi connectivity index (χ3v) is 5.57. The molecule has 2 heterocycles. The number of benzene rings is 3. The predicted octanol–water partition coefficient (Wildman–Crippen LogP) is 5.00. The first-order valence-corrected chi connectivity index (χ1v) is 9.92. The maximum atomic E-state index is 13.0. The second-order valence-corrected chi connectivity index (χ2v) is 7.71. The molecule has 5 heteroatoms. The molecule has 0 fully saturated rings.